The average molecular weight is 279 g/mol. The van der Waals surface area contributed by atoms with Gasteiger partial charge in [0.15, 0.2) is 0 Å². The van der Waals surface area contributed by atoms with Crippen LogP contribution < -0.4 is 5.32 Å². The monoisotopic (exact) mass is 279 g/mol. The van der Waals surface area contributed by atoms with Gasteiger partial charge >= 0.3 is 0 Å². The second kappa shape index (κ2) is 5.05. The second-order valence-electron chi connectivity index (χ2n) is 5.26. The van der Waals surface area contributed by atoms with Crippen molar-refractivity contribution < 1.29 is 4.79 Å². The van der Waals surface area contributed by atoms with Gasteiger partial charge in [0.05, 0.1) is 17.4 Å². The summed E-state index contributed by atoms with van der Waals surface area (Å²) >= 11 is 0. The van der Waals surface area contributed by atoms with E-state index in [-0.39, 0.29) is 5.91 Å². The Morgan fingerprint density at radius 3 is 2.81 bits per heavy atom. The number of carbonyl (C=O) groups is 1. The van der Waals surface area contributed by atoms with Crippen molar-refractivity contribution in [2.24, 2.45) is 7.05 Å². The summed E-state index contributed by atoms with van der Waals surface area (Å²) in [4.78, 5) is 16.7. The summed E-state index contributed by atoms with van der Waals surface area (Å²) in [7, 11) is 1.94. The first-order chi connectivity index (χ1) is 10.1. The lowest BCUT2D eigenvalue weighted by atomic mass is 10.1. The number of fused-ring (bicyclic) bond motifs is 1. The van der Waals surface area contributed by atoms with Crippen LogP contribution in [-0.4, -0.2) is 15.5 Å². The molecular weight excluding hydrogens is 262 g/mol. The summed E-state index contributed by atoms with van der Waals surface area (Å²) in [5.41, 5.74) is 5.55. The van der Waals surface area contributed by atoms with E-state index in [1.54, 1.807) is 6.33 Å². The Hall–Kier alpha value is -2.62. The van der Waals surface area contributed by atoms with Crippen LogP contribution in [-0.2, 0) is 7.05 Å². The van der Waals surface area contributed by atoms with Crippen LogP contribution in [0.15, 0.2) is 42.7 Å². The van der Waals surface area contributed by atoms with E-state index in [1.165, 1.54) is 0 Å². The van der Waals surface area contributed by atoms with Gasteiger partial charge in [-0.25, -0.2) is 4.98 Å². The molecule has 0 saturated heterocycles. The molecule has 3 aromatic rings. The highest BCUT2D eigenvalue weighted by Gasteiger charge is 2.10. The smallest absolute Gasteiger partial charge is 0.255 e. The predicted molar refractivity (Wildman–Crippen MR) is 84.6 cm³/mol. The molecule has 0 unspecified atom stereocenters. The van der Waals surface area contributed by atoms with Gasteiger partial charge in [-0.3, -0.25) is 4.79 Å². The van der Waals surface area contributed by atoms with Crippen molar-refractivity contribution >= 4 is 22.6 Å². The Bertz CT molecular complexity index is 833. The fourth-order valence-electron chi connectivity index (χ4n) is 2.36. The molecule has 3 rings (SSSR count). The number of anilines is 1. The van der Waals surface area contributed by atoms with Gasteiger partial charge in [-0.15, -0.1) is 0 Å². The molecule has 0 aliphatic rings. The quantitative estimate of drug-likeness (QED) is 0.781. The largest absolute Gasteiger partial charge is 0.334 e. The van der Waals surface area contributed by atoms with E-state index in [1.807, 2.05) is 61.9 Å². The topological polar surface area (TPSA) is 46.9 Å². The van der Waals surface area contributed by atoms with E-state index >= 15 is 0 Å². The zero-order valence-corrected chi connectivity index (χ0v) is 12.3. The predicted octanol–water partition coefficient (Wildman–Crippen LogP) is 3.44. The van der Waals surface area contributed by atoms with Crippen LogP contribution in [0.4, 0.5) is 5.69 Å². The number of amides is 1. The molecule has 1 aromatic heterocycles. The summed E-state index contributed by atoms with van der Waals surface area (Å²) < 4.78 is 1.93. The van der Waals surface area contributed by atoms with Gasteiger partial charge in [0.25, 0.3) is 5.91 Å². The number of benzene rings is 2. The molecule has 0 saturated carbocycles. The first-order valence-electron chi connectivity index (χ1n) is 6.85. The molecule has 0 atom stereocenters. The number of hydrogen-bond acceptors (Lipinski definition) is 2. The van der Waals surface area contributed by atoms with Crippen LogP contribution in [0.1, 0.15) is 21.5 Å². The highest BCUT2D eigenvalue weighted by molar-refractivity contribution is 6.06. The van der Waals surface area contributed by atoms with Crippen molar-refractivity contribution in [3.8, 4) is 0 Å². The van der Waals surface area contributed by atoms with Crippen LogP contribution in [0.5, 0.6) is 0 Å². The molecule has 0 aliphatic heterocycles. The Balaban J connectivity index is 1.91. The Morgan fingerprint density at radius 2 is 2.00 bits per heavy atom. The van der Waals surface area contributed by atoms with Crippen molar-refractivity contribution in [2.45, 2.75) is 13.8 Å². The summed E-state index contributed by atoms with van der Waals surface area (Å²) in [5.74, 6) is -0.115. The SMILES string of the molecule is Cc1cccc(NC(=O)c2ccc3c(c2)ncn3C)c1C. The fourth-order valence-corrected chi connectivity index (χ4v) is 2.36. The minimum atomic E-state index is -0.115. The van der Waals surface area contributed by atoms with Crippen molar-refractivity contribution in [3.05, 3.63) is 59.4 Å². The summed E-state index contributed by atoms with van der Waals surface area (Å²) in [6, 6.07) is 11.4. The zero-order chi connectivity index (χ0) is 15.0. The lowest BCUT2D eigenvalue weighted by Gasteiger charge is -2.10. The molecule has 0 bridgehead atoms. The molecule has 4 nitrogen and oxygen atoms in total. The first kappa shape index (κ1) is 13.4. The number of imidazole rings is 1. The summed E-state index contributed by atoms with van der Waals surface area (Å²) in [6.07, 6.45) is 1.75. The van der Waals surface area contributed by atoms with E-state index in [0.29, 0.717) is 5.56 Å². The van der Waals surface area contributed by atoms with Gasteiger partial charge in [-0.05, 0) is 49.2 Å². The van der Waals surface area contributed by atoms with Crippen LogP contribution in [0.2, 0.25) is 0 Å². The molecular formula is C17H17N3O. The van der Waals surface area contributed by atoms with Crippen LogP contribution in [0, 0.1) is 13.8 Å². The van der Waals surface area contributed by atoms with Crippen LogP contribution in [0.3, 0.4) is 0 Å². The first-order valence-corrected chi connectivity index (χ1v) is 6.85. The van der Waals surface area contributed by atoms with E-state index in [0.717, 1.165) is 27.8 Å². The van der Waals surface area contributed by atoms with Gasteiger partial charge in [0, 0.05) is 18.3 Å². The summed E-state index contributed by atoms with van der Waals surface area (Å²) in [6.45, 7) is 4.04. The number of aryl methyl sites for hydroxylation is 2. The number of rotatable bonds is 2. The standard InChI is InChI=1S/C17H17N3O/c1-11-5-4-6-14(12(11)2)19-17(21)13-7-8-16-15(9-13)18-10-20(16)3/h4-10H,1-3H3,(H,19,21). The van der Waals surface area contributed by atoms with Gasteiger partial charge in [-0.1, -0.05) is 12.1 Å². The normalized spacial score (nSPS) is 10.8. The fraction of sp³-hybridized carbons (Fsp3) is 0.176. The zero-order valence-electron chi connectivity index (χ0n) is 12.3. The molecule has 106 valence electrons. The van der Waals surface area contributed by atoms with E-state index < -0.39 is 0 Å². The number of nitrogens with one attached hydrogen (secondary N) is 1. The van der Waals surface area contributed by atoms with Gasteiger partial charge in [0.2, 0.25) is 0 Å². The molecule has 4 heteroatoms. The molecule has 1 N–H and O–H groups in total. The molecule has 2 aromatic carbocycles. The third-order valence-electron chi connectivity index (χ3n) is 3.84. The number of nitrogens with zero attached hydrogens (tertiary/aromatic N) is 2. The number of carbonyl (C=O) groups excluding carboxylic acids is 1. The maximum Gasteiger partial charge on any atom is 0.255 e. The van der Waals surface area contributed by atoms with Crippen LogP contribution >= 0.6 is 0 Å². The highest BCUT2D eigenvalue weighted by Crippen LogP contribution is 2.20. The van der Waals surface area contributed by atoms with Crippen molar-refractivity contribution in [1.29, 1.82) is 0 Å². The third-order valence-corrected chi connectivity index (χ3v) is 3.84. The van der Waals surface area contributed by atoms with Gasteiger partial charge in [0.1, 0.15) is 0 Å². The van der Waals surface area contributed by atoms with Gasteiger partial charge in [-0.2, -0.15) is 0 Å². The molecule has 0 radical (unpaired) electrons. The molecule has 0 spiro atoms. The minimum absolute atomic E-state index is 0.115. The number of aromatic nitrogens is 2. The molecule has 21 heavy (non-hydrogen) atoms. The number of hydrogen-bond donors (Lipinski definition) is 1. The molecule has 0 aliphatic carbocycles. The average Bonchev–Trinajstić information content (AvgIpc) is 2.85. The Kier molecular flexibility index (Phi) is 3.22. The Morgan fingerprint density at radius 1 is 1.19 bits per heavy atom. The maximum atomic E-state index is 12.4. The van der Waals surface area contributed by atoms with Gasteiger partial charge < -0.3 is 9.88 Å². The lowest BCUT2D eigenvalue weighted by molar-refractivity contribution is 0.102. The van der Waals surface area contributed by atoms with E-state index in [9.17, 15) is 4.79 Å². The second-order valence-corrected chi connectivity index (χ2v) is 5.26. The summed E-state index contributed by atoms with van der Waals surface area (Å²) in [5, 5.41) is 2.97. The Labute approximate surface area is 123 Å². The molecule has 0 fully saturated rings. The van der Waals surface area contributed by atoms with Crippen molar-refractivity contribution in [2.75, 3.05) is 5.32 Å². The molecule has 1 amide bonds. The maximum absolute atomic E-state index is 12.4. The lowest BCUT2D eigenvalue weighted by Crippen LogP contribution is -2.13. The highest BCUT2D eigenvalue weighted by atomic mass is 16.1. The van der Waals surface area contributed by atoms with E-state index in [2.05, 4.69) is 10.3 Å². The van der Waals surface area contributed by atoms with Crippen molar-refractivity contribution in [1.82, 2.24) is 9.55 Å². The van der Waals surface area contributed by atoms with Crippen LogP contribution in [0.25, 0.3) is 11.0 Å². The minimum Gasteiger partial charge on any atom is -0.334 e. The van der Waals surface area contributed by atoms with Crippen molar-refractivity contribution in [3.63, 3.8) is 0 Å². The van der Waals surface area contributed by atoms with E-state index in [4.69, 9.17) is 0 Å². The third kappa shape index (κ3) is 2.40. The molecule has 1 heterocycles.